The maximum Gasteiger partial charge on any atom is 0.573 e. The van der Waals surface area contributed by atoms with Gasteiger partial charge in [-0.25, -0.2) is 0 Å². The molecule has 2 rings (SSSR count). The van der Waals surface area contributed by atoms with Crippen LogP contribution in [-0.4, -0.2) is 30.8 Å². The molecule has 1 aliphatic rings. The molecule has 1 fully saturated rings. The van der Waals surface area contributed by atoms with Crippen molar-refractivity contribution in [2.75, 3.05) is 11.4 Å². The van der Waals surface area contributed by atoms with Gasteiger partial charge in [-0.05, 0) is 25.1 Å². The number of alkyl halides is 3. The molecule has 9 heteroatoms. The number of rotatable bonds is 2. The zero-order valence-corrected chi connectivity index (χ0v) is 12.3. The number of anilines is 1. The Balaban J connectivity index is 2.46. The van der Waals surface area contributed by atoms with E-state index in [0.717, 1.165) is 11.0 Å². The Morgan fingerprint density at radius 3 is 2.67 bits per heavy atom. The minimum Gasteiger partial charge on any atom is -0.404 e. The molecule has 1 unspecified atom stereocenters. The summed E-state index contributed by atoms with van der Waals surface area (Å²) < 4.78 is 41.7. The minimum atomic E-state index is -4.90. The molecule has 5 nitrogen and oxygen atoms in total. The number of nitrogens with one attached hydrogen (secondary N) is 1. The highest BCUT2D eigenvalue weighted by molar-refractivity contribution is 9.10. The largest absolute Gasteiger partial charge is 0.573 e. The highest BCUT2D eigenvalue weighted by Gasteiger charge is 2.37. The Morgan fingerprint density at radius 2 is 2.05 bits per heavy atom. The second-order valence-electron chi connectivity index (χ2n) is 4.32. The van der Waals surface area contributed by atoms with Crippen molar-refractivity contribution < 1.29 is 27.5 Å². The first-order valence-electron chi connectivity index (χ1n) is 5.84. The Morgan fingerprint density at radius 1 is 1.38 bits per heavy atom. The molecule has 1 aliphatic heterocycles. The average molecular weight is 367 g/mol. The lowest BCUT2D eigenvalue weighted by molar-refractivity contribution is -0.274. The number of amides is 2. The van der Waals surface area contributed by atoms with Gasteiger partial charge in [0.2, 0.25) is 11.8 Å². The van der Waals surface area contributed by atoms with Crippen LogP contribution in [0.1, 0.15) is 6.92 Å². The monoisotopic (exact) mass is 366 g/mol. The maximum absolute atomic E-state index is 12.5. The number of hydrogen-bond acceptors (Lipinski definition) is 3. The van der Waals surface area contributed by atoms with E-state index in [-0.39, 0.29) is 12.2 Å². The lowest BCUT2D eigenvalue weighted by atomic mass is 10.1. The third-order valence-corrected chi connectivity index (χ3v) is 3.35. The number of ether oxygens (including phenoxy) is 1. The lowest BCUT2D eigenvalue weighted by Crippen LogP contribution is -2.57. The van der Waals surface area contributed by atoms with Crippen molar-refractivity contribution in [1.82, 2.24) is 5.32 Å². The summed E-state index contributed by atoms with van der Waals surface area (Å²) in [6.07, 6.45) is -4.90. The molecule has 1 saturated heterocycles. The van der Waals surface area contributed by atoms with Gasteiger partial charge in [-0.15, -0.1) is 13.2 Å². The predicted octanol–water partition coefficient (Wildman–Crippen LogP) is 2.20. The first-order chi connectivity index (χ1) is 9.69. The van der Waals surface area contributed by atoms with Crippen LogP contribution in [0.3, 0.4) is 0 Å². The van der Waals surface area contributed by atoms with Crippen molar-refractivity contribution in [2.24, 2.45) is 0 Å². The van der Waals surface area contributed by atoms with Gasteiger partial charge in [-0.2, -0.15) is 0 Å². The number of carbonyl (C=O) groups excluding carboxylic acids is 2. The maximum atomic E-state index is 12.5. The first kappa shape index (κ1) is 15.6. The molecule has 1 heterocycles. The minimum absolute atomic E-state index is 0.108. The van der Waals surface area contributed by atoms with Crippen LogP contribution in [0.2, 0.25) is 0 Å². The fourth-order valence-electron chi connectivity index (χ4n) is 1.97. The molecule has 1 aromatic rings. The highest BCUT2D eigenvalue weighted by Crippen LogP contribution is 2.36. The van der Waals surface area contributed by atoms with Crippen LogP contribution in [0, 0.1) is 0 Å². The highest BCUT2D eigenvalue weighted by atomic mass is 79.9. The van der Waals surface area contributed by atoms with Crippen molar-refractivity contribution in [2.45, 2.75) is 19.3 Å². The van der Waals surface area contributed by atoms with Crippen molar-refractivity contribution in [3.05, 3.63) is 22.7 Å². The molecular weight excluding hydrogens is 357 g/mol. The average Bonchev–Trinajstić information content (AvgIpc) is 2.35. The molecule has 1 atom stereocenters. The summed E-state index contributed by atoms with van der Waals surface area (Å²) in [6.45, 7) is 1.15. The molecular formula is C12H10BrF3N2O3. The van der Waals surface area contributed by atoms with Gasteiger partial charge in [0, 0.05) is 4.47 Å². The van der Waals surface area contributed by atoms with E-state index in [9.17, 15) is 22.8 Å². The topological polar surface area (TPSA) is 58.6 Å². The lowest BCUT2D eigenvalue weighted by Gasteiger charge is -2.33. The molecule has 21 heavy (non-hydrogen) atoms. The summed E-state index contributed by atoms with van der Waals surface area (Å²) in [5.41, 5.74) is -0.108. The third kappa shape index (κ3) is 3.46. The van der Waals surface area contributed by atoms with Crippen LogP contribution in [0.4, 0.5) is 18.9 Å². The molecule has 0 saturated carbocycles. The summed E-state index contributed by atoms with van der Waals surface area (Å²) in [5.74, 6) is -1.52. The summed E-state index contributed by atoms with van der Waals surface area (Å²) in [6, 6.07) is 2.92. The van der Waals surface area contributed by atoms with Gasteiger partial charge in [-0.1, -0.05) is 15.9 Å². The third-order valence-electron chi connectivity index (χ3n) is 2.86. The van der Waals surface area contributed by atoms with E-state index in [1.54, 1.807) is 0 Å². The van der Waals surface area contributed by atoms with Crippen molar-refractivity contribution in [3.63, 3.8) is 0 Å². The van der Waals surface area contributed by atoms with E-state index in [1.807, 2.05) is 0 Å². The van der Waals surface area contributed by atoms with Crippen molar-refractivity contribution in [3.8, 4) is 5.75 Å². The molecule has 0 spiro atoms. The van der Waals surface area contributed by atoms with E-state index in [0.29, 0.717) is 4.47 Å². The predicted molar refractivity (Wildman–Crippen MR) is 70.8 cm³/mol. The smallest absolute Gasteiger partial charge is 0.404 e. The number of halogens is 4. The van der Waals surface area contributed by atoms with Crippen LogP contribution in [-0.2, 0) is 9.59 Å². The van der Waals surface area contributed by atoms with E-state index in [4.69, 9.17) is 0 Å². The number of hydrogen-bond donors (Lipinski definition) is 1. The SMILES string of the molecule is CC1C(=O)NCC(=O)N1c1ccc(Br)cc1OC(F)(F)F. The molecule has 0 bridgehead atoms. The number of carbonyl (C=O) groups is 2. The molecule has 1 N–H and O–H groups in total. The Kier molecular flexibility index (Phi) is 4.13. The normalized spacial score (nSPS) is 19.5. The fourth-order valence-corrected chi connectivity index (χ4v) is 2.31. The Hall–Kier alpha value is -1.77. The van der Waals surface area contributed by atoms with E-state index in [1.165, 1.54) is 19.1 Å². The number of benzene rings is 1. The van der Waals surface area contributed by atoms with Crippen molar-refractivity contribution >= 4 is 33.4 Å². The van der Waals surface area contributed by atoms with Gasteiger partial charge in [0.05, 0.1) is 12.2 Å². The summed E-state index contributed by atoms with van der Waals surface area (Å²) in [5, 5.41) is 2.36. The Labute approximate surface area is 126 Å². The summed E-state index contributed by atoms with van der Waals surface area (Å²) in [7, 11) is 0. The molecule has 0 aromatic heterocycles. The molecule has 0 aliphatic carbocycles. The summed E-state index contributed by atoms with van der Waals surface area (Å²) >= 11 is 3.04. The van der Waals surface area contributed by atoms with Gasteiger partial charge in [0.15, 0.2) is 5.75 Å². The quantitative estimate of drug-likeness (QED) is 0.872. The van der Waals surface area contributed by atoms with Gasteiger partial charge in [0.25, 0.3) is 0 Å². The first-order valence-corrected chi connectivity index (χ1v) is 6.63. The van der Waals surface area contributed by atoms with Crippen molar-refractivity contribution in [1.29, 1.82) is 0 Å². The second-order valence-corrected chi connectivity index (χ2v) is 5.23. The molecule has 1 aromatic carbocycles. The number of piperazine rings is 1. The molecule has 0 radical (unpaired) electrons. The van der Waals surface area contributed by atoms with Crippen LogP contribution < -0.4 is 15.0 Å². The number of nitrogens with zero attached hydrogens (tertiary/aromatic N) is 1. The fraction of sp³-hybridized carbons (Fsp3) is 0.333. The van der Waals surface area contributed by atoms with Crippen LogP contribution in [0.25, 0.3) is 0 Å². The van der Waals surface area contributed by atoms with Gasteiger partial charge in [0.1, 0.15) is 6.04 Å². The second kappa shape index (κ2) is 5.55. The zero-order chi connectivity index (χ0) is 15.8. The van der Waals surface area contributed by atoms with Crippen LogP contribution in [0.15, 0.2) is 22.7 Å². The van der Waals surface area contributed by atoms with E-state index >= 15 is 0 Å². The van der Waals surface area contributed by atoms with E-state index < -0.39 is 30.0 Å². The standard InChI is InChI=1S/C12H10BrF3N2O3/c1-6-11(20)17-5-10(19)18(6)8-3-2-7(13)4-9(8)21-12(14,15)16/h2-4,6H,5H2,1H3,(H,17,20). The van der Waals surface area contributed by atoms with Crippen LogP contribution >= 0.6 is 15.9 Å². The van der Waals surface area contributed by atoms with Gasteiger partial charge < -0.3 is 10.1 Å². The Bertz CT molecular complexity index is 592. The zero-order valence-electron chi connectivity index (χ0n) is 10.7. The van der Waals surface area contributed by atoms with Gasteiger partial charge in [-0.3, -0.25) is 14.5 Å². The molecule has 2 amide bonds. The molecule has 114 valence electrons. The van der Waals surface area contributed by atoms with E-state index in [2.05, 4.69) is 26.0 Å². The van der Waals surface area contributed by atoms with Gasteiger partial charge >= 0.3 is 6.36 Å². The van der Waals surface area contributed by atoms with Crippen LogP contribution in [0.5, 0.6) is 5.75 Å². The summed E-state index contributed by atoms with van der Waals surface area (Å²) in [4.78, 5) is 24.5.